The number of rotatable bonds is 3. The highest BCUT2D eigenvalue weighted by atomic mass is 16.5. The molecule has 0 spiro atoms. The van der Waals surface area contributed by atoms with E-state index < -0.39 is 0 Å². The van der Waals surface area contributed by atoms with Gasteiger partial charge in [-0.2, -0.15) is 0 Å². The first-order valence-corrected chi connectivity index (χ1v) is 4.62. The fourth-order valence-electron chi connectivity index (χ4n) is 1.52. The van der Waals surface area contributed by atoms with E-state index in [2.05, 4.69) is 4.98 Å². The van der Waals surface area contributed by atoms with Crippen molar-refractivity contribution in [1.29, 1.82) is 0 Å². The second kappa shape index (κ2) is 4.00. The SMILES string of the molecule is COc1cccc(-c2cc[nH]c2C=O)c1. The second-order valence-electron chi connectivity index (χ2n) is 3.15. The molecular formula is C12H11NO2. The van der Waals surface area contributed by atoms with Crippen LogP contribution in [-0.4, -0.2) is 18.4 Å². The van der Waals surface area contributed by atoms with E-state index in [0.717, 1.165) is 23.2 Å². The standard InChI is InChI=1S/C12H11NO2/c1-15-10-4-2-3-9(7-10)11-5-6-13-12(11)8-14/h2-8,13H,1H3. The van der Waals surface area contributed by atoms with Gasteiger partial charge in [0.2, 0.25) is 0 Å². The number of aromatic amines is 1. The minimum atomic E-state index is 0.586. The lowest BCUT2D eigenvalue weighted by molar-refractivity contribution is 0.112. The number of methoxy groups -OCH3 is 1. The Morgan fingerprint density at radius 3 is 2.93 bits per heavy atom. The predicted molar refractivity (Wildman–Crippen MR) is 58.2 cm³/mol. The molecule has 3 heteroatoms. The monoisotopic (exact) mass is 201 g/mol. The van der Waals surface area contributed by atoms with E-state index in [-0.39, 0.29) is 0 Å². The first kappa shape index (κ1) is 9.52. The third-order valence-corrected chi connectivity index (χ3v) is 2.28. The summed E-state index contributed by atoms with van der Waals surface area (Å²) in [4.78, 5) is 13.6. The Kier molecular flexibility index (Phi) is 2.54. The Balaban J connectivity index is 2.48. The Labute approximate surface area is 87.7 Å². The van der Waals surface area contributed by atoms with Gasteiger partial charge in [-0.25, -0.2) is 0 Å². The average Bonchev–Trinajstić information content (AvgIpc) is 2.77. The van der Waals surface area contributed by atoms with Crippen LogP contribution in [0.15, 0.2) is 36.5 Å². The van der Waals surface area contributed by atoms with E-state index >= 15 is 0 Å². The summed E-state index contributed by atoms with van der Waals surface area (Å²) in [5, 5.41) is 0. The lowest BCUT2D eigenvalue weighted by atomic mass is 10.1. The van der Waals surface area contributed by atoms with Crippen LogP contribution in [0.25, 0.3) is 11.1 Å². The topological polar surface area (TPSA) is 42.1 Å². The molecule has 1 N–H and O–H groups in total. The van der Waals surface area contributed by atoms with Crippen LogP contribution in [0.3, 0.4) is 0 Å². The van der Waals surface area contributed by atoms with Gasteiger partial charge in [-0.15, -0.1) is 0 Å². The molecule has 1 heterocycles. The number of aldehydes is 1. The Morgan fingerprint density at radius 2 is 2.20 bits per heavy atom. The quantitative estimate of drug-likeness (QED) is 0.775. The summed E-state index contributed by atoms with van der Waals surface area (Å²) in [5.74, 6) is 0.783. The third kappa shape index (κ3) is 1.76. The molecule has 2 aromatic rings. The summed E-state index contributed by atoms with van der Waals surface area (Å²) in [6.07, 6.45) is 2.56. The third-order valence-electron chi connectivity index (χ3n) is 2.28. The van der Waals surface area contributed by atoms with Crippen LogP contribution in [0.1, 0.15) is 10.5 Å². The Bertz CT molecular complexity index is 474. The number of aromatic nitrogens is 1. The number of hydrogen-bond acceptors (Lipinski definition) is 2. The van der Waals surface area contributed by atoms with Crippen LogP contribution in [0.4, 0.5) is 0 Å². The van der Waals surface area contributed by atoms with Crippen molar-refractivity contribution in [2.45, 2.75) is 0 Å². The predicted octanol–water partition coefficient (Wildman–Crippen LogP) is 2.50. The minimum absolute atomic E-state index is 0.586. The van der Waals surface area contributed by atoms with Gasteiger partial charge in [0.1, 0.15) is 5.75 Å². The zero-order valence-electron chi connectivity index (χ0n) is 8.36. The van der Waals surface area contributed by atoms with Crippen LogP contribution in [0.5, 0.6) is 5.75 Å². The van der Waals surface area contributed by atoms with Gasteiger partial charge in [-0.3, -0.25) is 4.79 Å². The van der Waals surface area contributed by atoms with Gasteiger partial charge in [0.05, 0.1) is 12.8 Å². The maximum absolute atomic E-state index is 10.8. The molecule has 0 unspecified atom stereocenters. The fourth-order valence-corrected chi connectivity index (χ4v) is 1.52. The molecule has 76 valence electrons. The van der Waals surface area contributed by atoms with Gasteiger partial charge in [-0.05, 0) is 23.8 Å². The van der Waals surface area contributed by atoms with E-state index in [1.54, 1.807) is 13.3 Å². The lowest BCUT2D eigenvalue weighted by Crippen LogP contribution is -1.86. The molecule has 0 radical (unpaired) electrons. The van der Waals surface area contributed by atoms with Crippen molar-refractivity contribution >= 4 is 6.29 Å². The normalized spacial score (nSPS) is 9.93. The molecule has 0 aliphatic carbocycles. The van der Waals surface area contributed by atoms with Crippen LogP contribution in [0, 0.1) is 0 Å². The largest absolute Gasteiger partial charge is 0.497 e. The molecule has 0 amide bonds. The van der Waals surface area contributed by atoms with Crippen molar-refractivity contribution in [1.82, 2.24) is 4.98 Å². The van der Waals surface area contributed by atoms with Crippen molar-refractivity contribution in [3.8, 4) is 16.9 Å². The molecule has 1 aromatic carbocycles. The van der Waals surface area contributed by atoms with Gasteiger partial charge in [-0.1, -0.05) is 12.1 Å². The summed E-state index contributed by atoms with van der Waals surface area (Å²) in [6.45, 7) is 0. The van der Waals surface area contributed by atoms with E-state index in [4.69, 9.17) is 4.74 Å². The average molecular weight is 201 g/mol. The van der Waals surface area contributed by atoms with Crippen LogP contribution in [0.2, 0.25) is 0 Å². The number of benzene rings is 1. The highest BCUT2D eigenvalue weighted by Crippen LogP contribution is 2.25. The Hall–Kier alpha value is -2.03. The van der Waals surface area contributed by atoms with E-state index in [0.29, 0.717) is 5.69 Å². The van der Waals surface area contributed by atoms with E-state index in [9.17, 15) is 4.79 Å². The number of ether oxygens (including phenoxy) is 1. The number of H-pyrrole nitrogens is 1. The molecule has 0 fully saturated rings. The van der Waals surface area contributed by atoms with Crippen molar-refractivity contribution in [2.24, 2.45) is 0 Å². The number of carbonyl (C=O) groups is 1. The lowest BCUT2D eigenvalue weighted by Gasteiger charge is -2.03. The van der Waals surface area contributed by atoms with Crippen LogP contribution in [-0.2, 0) is 0 Å². The van der Waals surface area contributed by atoms with E-state index in [1.165, 1.54) is 0 Å². The number of nitrogens with one attached hydrogen (secondary N) is 1. The number of hydrogen-bond donors (Lipinski definition) is 1. The molecule has 2 rings (SSSR count). The first-order valence-electron chi connectivity index (χ1n) is 4.62. The highest BCUT2D eigenvalue weighted by Gasteiger charge is 2.05. The maximum Gasteiger partial charge on any atom is 0.166 e. The Morgan fingerprint density at radius 1 is 1.33 bits per heavy atom. The van der Waals surface area contributed by atoms with Gasteiger partial charge in [0, 0.05) is 11.8 Å². The highest BCUT2D eigenvalue weighted by molar-refractivity contribution is 5.85. The van der Waals surface area contributed by atoms with E-state index in [1.807, 2.05) is 30.3 Å². The number of carbonyl (C=O) groups excluding carboxylic acids is 1. The van der Waals surface area contributed by atoms with Crippen molar-refractivity contribution < 1.29 is 9.53 Å². The molecule has 1 aromatic heterocycles. The smallest absolute Gasteiger partial charge is 0.166 e. The van der Waals surface area contributed by atoms with Crippen LogP contribution < -0.4 is 4.74 Å². The molecule has 0 bridgehead atoms. The van der Waals surface area contributed by atoms with Crippen molar-refractivity contribution in [3.63, 3.8) is 0 Å². The molecule has 0 atom stereocenters. The zero-order chi connectivity index (χ0) is 10.7. The molecule has 15 heavy (non-hydrogen) atoms. The summed E-state index contributed by atoms with van der Waals surface area (Å²) < 4.78 is 5.13. The summed E-state index contributed by atoms with van der Waals surface area (Å²) in [6, 6.07) is 9.49. The summed E-state index contributed by atoms with van der Waals surface area (Å²) >= 11 is 0. The molecule has 0 aliphatic heterocycles. The maximum atomic E-state index is 10.8. The van der Waals surface area contributed by atoms with Gasteiger partial charge in [0.15, 0.2) is 6.29 Å². The first-order chi connectivity index (χ1) is 7.35. The van der Waals surface area contributed by atoms with Gasteiger partial charge < -0.3 is 9.72 Å². The van der Waals surface area contributed by atoms with Gasteiger partial charge in [0.25, 0.3) is 0 Å². The molecule has 3 nitrogen and oxygen atoms in total. The molecular weight excluding hydrogens is 190 g/mol. The fraction of sp³-hybridized carbons (Fsp3) is 0.0833. The van der Waals surface area contributed by atoms with Crippen molar-refractivity contribution in [3.05, 3.63) is 42.2 Å². The molecule has 0 aliphatic rings. The van der Waals surface area contributed by atoms with Gasteiger partial charge >= 0.3 is 0 Å². The molecule has 0 saturated carbocycles. The second-order valence-corrected chi connectivity index (χ2v) is 3.15. The summed E-state index contributed by atoms with van der Waals surface area (Å²) in [7, 11) is 1.62. The van der Waals surface area contributed by atoms with Crippen LogP contribution >= 0.6 is 0 Å². The summed E-state index contributed by atoms with van der Waals surface area (Å²) in [5.41, 5.74) is 2.45. The zero-order valence-corrected chi connectivity index (χ0v) is 8.36. The minimum Gasteiger partial charge on any atom is -0.497 e. The van der Waals surface area contributed by atoms with Crippen molar-refractivity contribution in [2.75, 3.05) is 7.11 Å². The molecule has 0 saturated heterocycles.